The molecule has 0 saturated carbocycles. The lowest BCUT2D eigenvalue weighted by molar-refractivity contribution is 0.555. The second-order valence-electron chi connectivity index (χ2n) is 6.73. The molecule has 0 saturated heterocycles. The Kier molecular flexibility index (Phi) is 4.05. The van der Waals surface area contributed by atoms with Crippen LogP contribution in [0.4, 0.5) is 0 Å². The van der Waals surface area contributed by atoms with Gasteiger partial charge in [-0.3, -0.25) is 0 Å². The highest BCUT2D eigenvalue weighted by molar-refractivity contribution is 6.70. The average Bonchev–Trinajstić information content (AvgIpc) is 2.38. The van der Waals surface area contributed by atoms with Crippen LogP contribution in [-0.2, 0) is 5.41 Å². The molecule has 0 aliphatic carbocycles. The molecule has 0 spiro atoms. The molecular weight excluding hydrogens is 260 g/mol. The SMILES string of the molecule is CC(C)(c1ccccc1)c1ccc(O[Si](C)(C)C)cc1. The third-order valence-electron chi connectivity index (χ3n) is 3.50. The summed E-state index contributed by atoms with van der Waals surface area (Å²) in [6.45, 7) is 11.1. The normalized spacial score (nSPS) is 12.2. The third kappa shape index (κ3) is 3.51. The summed E-state index contributed by atoms with van der Waals surface area (Å²) in [6, 6.07) is 19.2. The maximum Gasteiger partial charge on any atom is 0.242 e. The molecular formula is C18H24OSi. The van der Waals surface area contributed by atoms with Gasteiger partial charge in [0.25, 0.3) is 0 Å². The predicted octanol–water partition coefficient (Wildman–Crippen LogP) is 5.23. The van der Waals surface area contributed by atoms with Gasteiger partial charge in [-0.2, -0.15) is 0 Å². The van der Waals surface area contributed by atoms with Crippen molar-refractivity contribution in [3.63, 3.8) is 0 Å². The number of rotatable bonds is 4. The Morgan fingerprint density at radius 2 is 1.25 bits per heavy atom. The van der Waals surface area contributed by atoms with E-state index >= 15 is 0 Å². The monoisotopic (exact) mass is 284 g/mol. The first-order chi connectivity index (χ1) is 9.29. The van der Waals surface area contributed by atoms with Crippen molar-refractivity contribution < 1.29 is 4.43 Å². The van der Waals surface area contributed by atoms with E-state index < -0.39 is 8.32 Å². The van der Waals surface area contributed by atoms with Crippen LogP contribution in [0.2, 0.25) is 19.6 Å². The molecule has 2 rings (SSSR count). The van der Waals surface area contributed by atoms with Gasteiger partial charge in [0, 0.05) is 5.41 Å². The number of benzene rings is 2. The van der Waals surface area contributed by atoms with Crippen LogP contribution in [0.1, 0.15) is 25.0 Å². The molecule has 0 aliphatic rings. The molecule has 0 unspecified atom stereocenters. The minimum atomic E-state index is -1.53. The van der Waals surface area contributed by atoms with Crippen molar-refractivity contribution in [2.24, 2.45) is 0 Å². The van der Waals surface area contributed by atoms with Crippen LogP contribution in [-0.4, -0.2) is 8.32 Å². The quantitative estimate of drug-likeness (QED) is 0.699. The highest BCUT2D eigenvalue weighted by Gasteiger charge is 2.23. The summed E-state index contributed by atoms with van der Waals surface area (Å²) in [4.78, 5) is 0. The van der Waals surface area contributed by atoms with E-state index in [1.807, 2.05) is 0 Å². The van der Waals surface area contributed by atoms with Crippen molar-refractivity contribution in [2.45, 2.75) is 38.9 Å². The predicted molar refractivity (Wildman–Crippen MR) is 89.0 cm³/mol. The fraction of sp³-hybridized carbons (Fsp3) is 0.333. The van der Waals surface area contributed by atoms with Crippen molar-refractivity contribution >= 4 is 8.32 Å². The van der Waals surface area contributed by atoms with Gasteiger partial charge in [-0.05, 0) is 42.9 Å². The first-order valence-electron chi connectivity index (χ1n) is 7.14. The second kappa shape index (κ2) is 5.45. The van der Waals surface area contributed by atoms with E-state index in [-0.39, 0.29) is 5.41 Å². The second-order valence-corrected chi connectivity index (χ2v) is 11.2. The van der Waals surface area contributed by atoms with Gasteiger partial charge in [-0.15, -0.1) is 0 Å². The summed E-state index contributed by atoms with van der Waals surface area (Å²) in [6.07, 6.45) is 0. The van der Waals surface area contributed by atoms with Gasteiger partial charge in [-0.25, -0.2) is 0 Å². The van der Waals surface area contributed by atoms with Gasteiger partial charge < -0.3 is 4.43 Å². The van der Waals surface area contributed by atoms with E-state index in [2.05, 4.69) is 88.1 Å². The van der Waals surface area contributed by atoms with Crippen LogP contribution in [0.5, 0.6) is 5.75 Å². The van der Waals surface area contributed by atoms with Crippen molar-refractivity contribution in [1.82, 2.24) is 0 Å². The zero-order valence-corrected chi connectivity index (χ0v) is 14.1. The molecule has 0 N–H and O–H groups in total. The maximum atomic E-state index is 6.01. The van der Waals surface area contributed by atoms with Gasteiger partial charge in [-0.1, -0.05) is 56.3 Å². The Labute approximate surface area is 123 Å². The lowest BCUT2D eigenvalue weighted by atomic mass is 9.78. The molecule has 106 valence electrons. The van der Waals surface area contributed by atoms with Gasteiger partial charge in [0.1, 0.15) is 5.75 Å². The molecule has 2 heteroatoms. The molecule has 0 atom stereocenters. The summed E-state index contributed by atoms with van der Waals surface area (Å²) in [5.74, 6) is 0.983. The Balaban J connectivity index is 2.26. The van der Waals surface area contributed by atoms with Crippen LogP contribution in [0.3, 0.4) is 0 Å². The van der Waals surface area contributed by atoms with E-state index in [9.17, 15) is 0 Å². The molecule has 0 aromatic heterocycles. The zero-order valence-electron chi connectivity index (χ0n) is 13.1. The average molecular weight is 284 g/mol. The summed E-state index contributed by atoms with van der Waals surface area (Å²) >= 11 is 0. The zero-order chi connectivity index (χ0) is 14.8. The smallest absolute Gasteiger partial charge is 0.242 e. The summed E-state index contributed by atoms with van der Waals surface area (Å²) in [7, 11) is -1.53. The van der Waals surface area contributed by atoms with Gasteiger partial charge in [0.05, 0.1) is 0 Å². The van der Waals surface area contributed by atoms with Crippen LogP contribution in [0, 0.1) is 0 Å². The van der Waals surface area contributed by atoms with E-state index in [1.54, 1.807) is 0 Å². The largest absolute Gasteiger partial charge is 0.544 e. The first-order valence-corrected chi connectivity index (χ1v) is 10.5. The lowest BCUT2D eigenvalue weighted by Crippen LogP contribution is -2.29. The van der Waals surface area contributed by atoms with Crippen molar-refractivity contribution in [3.05, 3.63) is 65.7 Å². The topological polar surface area (TPSA) is 9.23 Å². The van der Waals surface area contributed by atoms with Gasteiger partial charge in [0.2, 0.25) is 8.32 Å². The Morgan fingerprint density at radius 3 is 1.75 bits per heavy atom. The molecule has 2 aromatic carbocycles. The van der Waals surface area contributed by atoms with E-state index in [1.165, 1.54) is 11.1 Å². The molecule has 0 radical (unpaired) electrons. The molecule has 1 nitrogen and oxygen atoms in total. The van der Waals surface area contributed by atoms with E-state index in [0.717, 1.165) is 5.75 Å². The minimum Gasteiger partial charge on any atom is -0.544 e. The maximum absolute atomic E-state index is 6.01. The fourth-order valence-corrected chi connectivity index (χ4v) is 3.16. The molecule has 20 heavy (non-hydrogen) atoms. The Bertz CT molecular complexity index is 550. The standard InChI is InChI=1S/C18H24OSi/c1-18(2,15-9-7-6-8-10-15)16-11-13-17(14-12-16)19-20(3,4)5/h6-14H,1-5H3. The van der Waals surface area contributed by atoms with Crippen molar-refractivity contribution in [3.8, 4) is 5.75 Å². The number of hydrogen-bond donors (Lipinski definition) is 0. The minimum absolute atomic E-state index is 0.0128. The van der Waals surface area contributed by atoms with Crippen LogP contribution >= 0.6 is 0 Å². The fourth-order valence-electron chi connectivity index (χ4n) is 2.31. The molecule has 0 bridgehead atoms. The molecule has 0 amide bonds. The number of hydrogen-bond acceptors (Lipinski definition) is 1. The Hall–Kier alpha value is -1.54. The van der Waals surface area contributed by atoms with Gasteiger partial charge in [0.15, 0.2) is 0 Å². The Morgan fingerprint density at radius 1 is 0.750 bits per heavy atom. The molecule has 0 aliphatic heterocycles. The van der Waals surface area contributed by atoms with Gasteiger partial charge >= 0.3 is 0 Å². The summed E-state index contributed by atoms with van der Waals surface area (Å²) in [5.41, 5.74) is 2.66. The van der Waals surface area contributed by atoms with E-state index in [4.69, 9.17) is 4.43 Å². The van der Waals surface area contributed by atoms with E-state index in [0.29, 0.717) is 0 Å². The summed E-state index contributed by atoms with van der Waals surface area (Å²) in [5, 5.41) is 0. The molecule has 0 fully saturated rings. The van der Waals surface area contributed by atoms with Crippen LogP contribution in [0.15, 0.2) is 54.6 Å². The lowest BCUT2D eigenvalue weighted by Gasteiger charge is -2.27. The highest BCUT2D eigenvalue weighted by Crippen LogP contribution is 2.32. The highest BCUT2D eigenvalue weighted by atomic mass is 28.4. The molecule has 0 heterocycles. The van der Waals surface area contributed by atoms with Crippen molar-refractivity contribution in [1.29, 1.82) is 0 Å². The van der Waals surface area contributed by atoms with Crippen molar-refractivity contribution in [2.75, 3.05) is 0 Å². The summed E-state index contributed by atoms with van der Waals surface area (Å²) < 4.78 is 6.01. The first kappa shape index (κ1) is 14.9. The third-order valence-corrected chi connectivity index (χ3v) is 4.34. The van der Waals surface area contributed by atoms with Crippen LogP contribution < -0.4 is 4.43 Å². The van der Waals surface area contributed by atoms with Crippen LogP contribution in [0.25, 0.3) is 0 Å². The molecule has 2 aromatic rings.